The van der Waals surface area contributed by atoms with Crippen LogP contribution in [-0.4, -0.2) is 24.5 Å². The number of hydrogen-bond acceptors (Lipinski definition) is 3. The Morgan fingerprint density at radius 1 is 1.21 bits per heavy atom. The molecule has 2 aromatic carbocycles. The van der Waals surface area contributed by atoms with Crippen molar-refractivity contribution in [2.24, 2.45) is 4.99 Å². The van der Waals surface area contributed by atoms with Crippen LogP contribution < -0.4 is 5.32 Å². The van der Waals surface area contributed by atoms with E-state index >= 15 is 0 Å². The van der Waals surface area contributed by atoms with Gasteiger partial charge in [-0.15, -0.1) is 0 Å². The van der Waals surface area contributed by atoms with E-state index in [9.17, 15) is 4.79 Å². The third-order valence-electron chi connectivity index (χ3n) is 3.85. The van der Waals surface area contributed by atoms with Crippen LogP contribution >= 0.6 is 15.9 Å². The van der Waals surface area contributed by atoms with E-state index in [1.165, 1.54) is 0 Å². The zero-order chi connectivity index (χ0) is 17.1. The number of nitrogens with one attached hydrogen (secondary N) is 1. The van der Waals surface area contributed by atoms with Gasteiger partial charge in [0.25, 0.3) is 5.91 Å². The molecular formula is C19H19BrN2O2. The van der Waals surface area contributed by atoms with E-state index in [1.54, 1.807) is 0 Å². The van der Waals surface area contributed by atoms with E-state index in [4.69, 9.17) is 4.74 Å². The number of aryl methyl sites for hydroxylation is 1. The number of anilines is 1. The number of aliphatic imine (C=N–C) groups is 1. The maximum absolute atomic E-state index is 12.5. The number of amides is 1. The number of nitrogens with zero attached hydrogens (tertiary/aromatic N) is 1. The van der Waals surface area contributed by atoms with Gasteiger partial charge in [-0.3, -0.25) is 4.79 Å². The van der Waals surface area contributed by atoms with Crippen LogP contribution in [0, 0.1) is 6.92 Å². The summed E-state index contributed by atoms with van der Waals surface area (Å²) in [6.45, 7) is 4.53. The first kappa shape index (κ1) is 16.9. The van der Waals surface area contributed by atoms with Gasteiger partial charge in [0.05, 0.1) is 11.4 Å². The smallest absolute Gasteiger partial charge is 0.276 e. The summed E-state index contributed by atoms with van der Waals surface area (Å²) < 4.78 is 6.60. The lowest BCUT2D eigenvalue weighted by Gasteiger charge is -2.13. The van der Waals surface area contributed by atoms with Crippen molar-refractivity contribution in [1.29, 1.82) is 0 Å². The van der Waals surface area contributed by atoms with E-state index in [-0.39, 0.29) is 5.91 Å². The Bertz CT molecular complexity index is 802. The fourth-order valence-electron chi connectivity index (χ4n) is 2.66. The van der Waals surface area contributed by atoms with Crippen molar-refractivity contribution in [3.8, 4) is 0 Å². The van der Waals surface area contributed by atoms with Crippen LogP contribution in [0.25, 0.3) is 0 Å². The number of hydrogen-bond donors (Lipinski definition) is 1. The summed E-state index contributed by atoms with van der Waals surface area (Å²) in [5.41, 5.74) is 4.50. The first-order chi connectivity index (χ1) is 11.6. The molecular weight excluding hydrogens is 368 g/mol. The van der Waals surface area contributed by atoms with Gasteiger partial charge in [-0.2, -0.15) is 0 Å². The molecule has 0 spiro atoms. The van der Waals surface area contributed by atoms with Crippen LogP contribution in [-0.2, 0) is 9.53 Å². The summed E-state index contributed by atoms with van der Waals surface area (Å²) in [7, 11) is 0. The summed E-state index contributed by atoms with van der Waals surface area (Å²) >= 11 is 3.51. The molecule has 1 aliphatic rings. The van der Waals surface area contributed by atoms with Crippen molar-refractivity contribution < 1.29 is 9.53 Å². The molecule has 124 valence electrons. The summed E-state index contributed by atoms with van der Waals surface area (Å²) in [5, 5.41) is 2.93. The molecule has 2 aromatic rings. The van der Waals surface area contributed by atoms with Crippen molar-refractivity contribution in [3.63, 3.8) is 0 Å². The van der Waals surface area contributed by atoms with Crippen molar-refractivity contribution in [2.45, 2.75) is 26.5 Å². The minimum atomic E-state index is -0.842. The molecule has 0 bridgehead atoms. The Morgan fingerprint density at radius 3 is 2.75 bits per heavy atom. The summed E-state index contributed by atoms with van der Waals surface area (Å²) in [6.07, 6.45) is -0.0111. The molecule has 1 N–H and O–H groups in total. The van der Waals surface area contributed by atoms with Crippen LogP contribution in [0.3, 0.4) is 0 Å². The fourth-order valence-corrected chi connectivity index (χ4v) is 3.02. The highest BCUT2D eigenvalue weighted by molar-refractivity contribution is 9.10. The second-order valence-electron chi connectivity index (χ2n) is 5.69. The molecule has 0 aliphatic carbocycles. The van der Waals surface area contributed by atoms with Crippen molar-refractivity contribution in [2.75, 3.05) is 11.9 Å². The lowest BCUT2D eigenvalue weighted by molar-refractivity contribution is -0.126. The van der Waals surface area contributed by atoms with Gasteiger partial charge in [0, 0.05) is 22.2 Å². The number of carbonyl (C=O) groups excluding carboxylic acids is 1. The van der Waals surface area contributed by atoms with Gasteiger partial charge in [0.15, 0.2) is 0 Å². The number of benzodiazepines with no additional fused rings is 1. The average molecular weight is 387 g/mol. The SMILES string of the molecule is CCCOC1N=C(c2ccccc2C)c2cc(Br)ccc2NC1=O. The molecule has 0 saturated carbocycles. The number of benzene rings is 2. The molecule has 1 unspecified atom stereocenters. The number of fused-ring (bicyclic) bond motifs is 1. The molecule has 0 fully saturated rings. The highest BCUT2D eigenvalue weighted by Gasteiger charge is 2.26. The highest BCUT2D eigenvalue weighted by atomic mass is 79.9. The van der Waals surface area contributed by atoms with Crippen molar-refractivity contribution >= 4 is 33.2 Å². The maximum atomic E-state index is 12.5. The second-order valence-corrected chi connectivity index (χ2v) is 6.61. The lowest BCUT2D eigenvalue weighted by Crippen LogP contribution is -2.28. The molecule has 1 amide bonds. The third-order valence-corrected chi connectivity index (χ3v) is 4.34. The molecule has 0 saturated heterocycles. The molecule has 1 aliphatic heterocycles. The fraction of sp³-hybridized carbons (Fsp3) is 0.263. The van der Waals surface area contributed by atoms with Gasteiger partial charge < -0.3 is 10.1 Å². The molecule has 5 heteroatoms. The maximum Gasteiger partial charge on any atom is 0.276 e. The lowest BCUT2D eigenvalue weighted by atomic mass is 9.97. The van der Waals surface area contributed by atoms with Crippen LogP contribution in [0.5, 0.6) is 0 Å². The van der Waals surface area contributed by atoms with Crippen LogP contribution in [0.2, 0.25) is 0 Å². The topological polar surface area (TPSA) is 50.7 Å². The van der Waals surface area contributed by atoms with Crippen molar-refractivity contribution in [1.82, 2.24) is 0 Å². The van der Waals surface area contributed by atoms with E-state index in [0.29, 0.717) is 6.61 Å². The standard InChI is InChI=1S/C19H19BrN2O2/c1-3-10-24-19-18(23)21-16-9-8-13(20)11-15(16)17(22-19)14-7-5-4-6-12(14)2/h4-9,11,19H,3,10H2,1-2H3,(H,21,23). The summed E-state index contributed by atoms with van der Waals surface area (Å²) in [5.74, 6) is -0.240. The molecule has 24 heavy (non-hydrogen) atoms. The van der Waals surface area contributed by atoms with Gasteiger partial charge in [-0.1, -0.05) is 47.1 Å². The first-order valence-corrected chi connectivity index (χ1v) is 8.75. The number of ether oxygens (including phenoxy) is 1. The third kappa shape index (κ3) is 3.42. The molecule has 1 heterocycles. The number of carbonyl (C=O) groups is 1. The predicted octanol–water partition coefficient (Wildman–Crippen LogP) is 4.30. The van der Waals surface area contributed by atoms with Crippen molar-refractivity contribution in [3.05, 3.63) is 63.6 Å². The van der Waals surface area contributed by atoms with Gasteiger partial charge >= 0.3 is 0 Å². The van der Waals surface area contributed by atoms with Gasteiger partial charge in [0.2, 0.25) is 6.23 Å². The second kappa shape index (κ2) is 7.28. The first-order valence-electron chi connectivity index (χ1n) is 7.96. The summed E-state index contributed by atoms with van der Waals surface area (Å²) in [6, 6.07) is 13.8. The average Bonchev–Trinajstić information content (AvgIpc) is 2.70. The number of halogens is 1. The molecule has 0 aromatic heterocycles. The Kier molecular flexibility index (Phi) is 5.11. The molecule has 1 atom stereocenters. The largest absolute Gasteiger partial charge is 0.348 e. The van der Waals surface area contributed by atoms with Crippen LogP contribution in [0.15, 0.2) is 51.9 Å². The Labute approximate surface area is 150 Å². The Hall–Kier alpha value is -1.98. The molecule has 4 nitrogen and oxygen atoms in total. The van der Waals surface area contributed by atoms with Crippen LogP contribution in [0.4, 0.5) is 5.69 Å². The molecule has 3 rings (SSSR count). The van der Waals surface area contributed by atoms with Gasteiger partial charge in [0.1, 0.15) is 0 Å². The Balaban J connectivity index is 2.17. The van der Waals surface area contributed by atoms with E-state index in [0.717, 1.165) is 39.0 Å². The Morgan fingerprint density at radius 2 is 2.00 bits per heavy atom. The van der Waals surface area contributed by atoms with E-state index < -0.39 is 6.23 Å². The minimum Gasteiger partial charge on any atom is -0.348 e. The zero-order valence-corrected chi connectivity index (χ0v) is 15.3. The normalized spacial score (nSPS) is 16.9. The zero-order valence-electron chi connectivity index (χ0n) is 13.7. The number of rotatable bonds is 4. The highest BCUT2D eigenvalue weighted by Crippen LogP contribution is 2.28. The quantitative estimate of drug-likeness (QED) is 0.851. The van der Waals surface area contributed by atoms with E-state index in [2.05, 4.69) is 26.2 Å². The van der Waals surface area contributed by atoms with E-state index in [1.807, 2.05) is 56.3 Å². The minimum absolute atomic E-state index is 0.240. The monoisotopic (exact) mass is 386 g/mol. The summed E-state index contributed by atoms with van der Waals surface area (Å²) in [4.78, 5) is 17.1. The van der Waals surface area contributed by atoms with Gasteiger partial charge in [-0.25, -0.2) is 4.99 Å². The molecule has 0 radical (unpaired) electrons. The predicted molar refractivity (Wildman–Crippen MR) is 99.6 cm³/mol. The van der Waals surface area contributed by atoms with Crippen LogP contribution in [0.1, 0.15) is 30.0 Å². The van der Waals surface area contributed by atoms with Gasteiger partial charge in [-0.05, 0) is 37.1 Å².